The molecule has 0 atom stereocenters. The summed E-state index contributed by atoms with van der Waals surface area (Å²) in [6.45, 7) is 0. The van der Waals surface area contributed by atoms with Crippen LogP contribution in [0.4, 0.5) is 5.82 Å². The topological polar surface area (TPSA) is 56.1 Å². The van der Waals surface area contributed by atoms with Gasteiger partial charge in [-0.25, -0.2) is 4.98 Å². The van der Waals surface area contributed by atoms with Crippen molar-refractivity contribution < 1.29 is 9.53 Å². The molecule has 0 saturated heterocycles. The lowest BCUT2D eigenvalue weighted by Gasteiger charge is -2.11. The Bertz CT molecular complexity index is 866. The van der Waals surface area contributed by atoms with Gasteiger partial charge in [-0.15, -0.1) is 11.3 Å². The van der Waals surface area contributed by atoms with Crippen LogP contribution >= 0.6 is 11.3 Å². The first-order chi connectivity index (χ1) is 11.8. The lowest BCUT2D eigenvalue weighted by atomic mass is 10.1. The van der Waals surface area contributed by atoms with Crippen LogP contribution in [0.1, 0.15) is 28.6 Å². The normalized spacial score (nSPS) is 13.7. The molecular weight excluding hydrogens is 322 g/mol. The van der Waals surface area contributed by atoms with Crippen LogP contribution in [-0.4, -0.2) is 22.6 Å². The molecule has 6 heteroatoms. The molecule has 0 bridgehead atoms. The van der Waals surface area contributed by atoms with Gasteiger partial charge in [-0.05, 0) is 24.3 Å². The average molecular weight is 339 g/mol. The summed E-state index contributed by atoms with van der Waals surface area (Å²) in [5, 5.41) is 4.90. The van der Waals surface area contributed by atoms with Crippen molar-refractivity contribution in [3.63, 3.8) is 0 Å². The SMILES string of the molecule is COc1ccsc1C(=O)Nc1c(-c2ccccc2)ncn1C1CC1. The minimum atomic E-state index is -0.165. The fourth-order valence-corrected chi connectivity index (χ4v) is 3.46. The fourth-order valence-electron chi connectivity index (χ4n) is 2.71. The summed E-state index contributed by atoms with van der Waals surface area (Å²) in [6.07, 6.45) is 4.06. The Morgan fingerprint density at radius 2 is 2.08 bits per heavy atom. The van der Waals surface area contributed by atoms with Gasteiger partial charge in [-0.2, -0.15) is 0 Å². The van der Waals surface area contributed by atoms with Crippen LogP contribution in [0.3, 0.4) is 0 Å². The largest absolute Gasteiger partial charge is 0.495 e. The minimum absolute atomic E-state index is 0.165. The Morgan fingerprint density at radius 3 is 2.79 bits per heavy atom. The molecular formula is C18H17N3O2S. The van der Waals surface area contributed by atoms with E-state index in [1.54, 1.807) is 13.2 Å². The molecule has 1 aromatic carbocycles. The Morgan fingerprint density at radius 1 is 1.29 bits per heavy atom. The number of hydrogen-bond acceptors (Lipinski definition) is 4. The molecule has 0 spiro atoms. The second-order valence-electron chi connectivity index (χ2n) is 5.72. The molecule has 2 heterocycles. The molecule has 2 aromatic heterocycles. The zero-order chi connectivity index (χ0) is 16.5. The number of thiophene rings is 1. The van der Waals surface area contributed by atoms with Crippen LogP contribution in [0, 0.1) is 0 Å². The Balaban J connectivity index is 1.71. The van der Waals surface area contributed by atoms with E-state index in [2.05, 4.69) is 14.9 Å². The van der Waals surface area contributed by atoms with Crippen LogP contribution in [0.5, 0.6) is 5.75 Å². The number of nitrogens with zero attached hydrogens (tertiary/aromatic N) is 2. The number of hydrogen-bond donors (Lipinski definition) is 1. The number of amides is 1. The van der Waals surface area contributed by atoms with Crippen LogP contribution in [-0.2, 0) is 0 Å². The predicted molar refractivity (Wildman–Crippen MR) is 94.8 cm³/mol. The molecule has 0 aliphatic heterocycles. The number of aromatic nitrogens is 2. The van der Waals surface area contributed by atoms with Gasteiger partial charge in [0.15, 0.2) is 0 Å². The van der Waals surface area contributed by atoms with Crippen LogP contribution < -0.4 is 10.1 Å². The van der Waals surface area contributed by atoms with Crippen molar-refractivity contribution in [2.75, 3.05) is 12.4 Å². The summed E-state index contributed by atoms with van der Waals surface area (Å²) in [5.41, 5.74) is 1.79. The highest BCUT2D eigenvalue weighted by Gasteiger charge is 2.29. The Hall–Kier alpha value is -2.60. The highest BCUT2D eigenvalue weighted by molar-refractivity contribution is 7.12. The lowest BCUT2D eigenvalue weighted by molar-refractivity contribution is 0.102. The highest BCUT2D eigenvalue weighted by atomic mass is 32.1. The van der Waals surface area contributed by atoms with E-state index in [1.165, 1.54) is 11.3 Å². The molecule has 4 rings (SSSR count). The van der Waals surface area contributed by atoms with E-state index in [1.807, 2.05) is 42.0 Å². The van der Waals surface area contributed by atoms with Gasteiger partial charge in [0, 0.05) is 11.6 Å². The van der Waals surface area contributed by atoms with E-state index in [4.69, 9.17) is 4.74 Å². The minimum Gasteiger partial charge on any atom is -0.495 e. The summed E-state index contributed by atoms with van der Waals surface area (Å²) in [4.78, 5) is 17.8. The number of rotatable bonds is 5. The maximum absolute atomic E-state index is 12.7. The van der Waals surface area contributed by atoms with Gasteiger partial charge in [0.05, 0.1) is 13.4 Å². The van der Waals surface area contributed by atoms with Crippen molar-refractivity contribution in [2.45, 2.75) is 18.9 Å². The molecule has 0 radical (unpaired) electrons. The van der Waals surface area contributed by atoms with E-state index in [-0.39, 0.29) is 5.91 Å². The number of benzene rings is 1. The third kappa shape index (κ3) is 2.69. The van der Waals surface area contributed by atoms with Gasteiger partial charge in [0.25, 0.3) is 5.91 Å². The molecule has 3 aromatic rings. The predicted octanol–water partition coefficient (Wildman–Crippen LogP) is 4.21. The van der Waals surface area contributed by atoms with Crippen LogP contribution in [0.2, 0.25) is 0 Å². The Kier molecular flexibility index (Phi) is 3.82. The van der Waals surface area contributed by atoms with Gasteiger partial charge >= 0.3 is 0 Å². The summed E-state index contributed by atoms with van der Waals surface area (Å²) in [7, 11) is 1.57. The monoisotopic (exact) mass is 339 g/mol. The summed E-state index contributed by atoms with van der Waals surface area (Å²) < 4.78 is 7.33. The van der Waals surface area contributed by atoms with Gasteiger partial charge in [-0.3, -0.25) is 4.79 Å². The van der Waals surface area contributed by atoms with Gasteiger partial charge in [-0.1, -0.05) is 30.3 Å². The van der Waals surface area contributed by atoms with E-state index < -0.39 is 0 Å². The first-order valence-corrected chi connectivity index (χ1v) is 8.71. The summed E-state index contributed by atoms with van der Waals surface area (Å²) in [6, 6.07) is 12.1. The number of imidazole rings is 1. The molecule has 1 fully saturated rings. The maximum Gasteiger partial charge on any atom is 0.270 e. The first kappa shape index (κ1) is 15.0. The van der Waals surface area contributed by atoms with Gasteiger partial charge in [0.2, 0.25) is 0 Å². The van der Waals surface area contributed by atoms with Crippen LogP contribution in [0.15, 0.2) is 48.1 Å². The highest BCUT2D eigenvalue weighted by Crippen LogP contribution is 2.40. The van der Waals surface area contributed by atoms with Crippen molar-refractivity contribution in [3.8, 4) is 17.0 Å². The van der Waals surface area contributed by atoms with E-state index in [0.29, 0.717) is 16.7 Å². The standard InChI is InChI=1S/C18H17N3O2S/c1-23-14-9-10-24-16(14)18(22)20-17-15(12-5-3-2-4-6-12)19-11-21(17)13-7-8-13/h2-6,9-11,13H,7-8H2,1H3,(H,20,22). The number of carbonyl (C=O) groups excluding carboxylic acids is 1. The van der Waals surface area contributed by atoms with E-state index >= 15 is 0 Å². The average Bonchev–Trinajstić information content (AvgIpc) is 3.20. The summed E-state index contributed by atoms with van der Waals surface area (Å²) >= 11 is 1.37. The van der Waals surface area contributed by atoms with Crippen molar-refractivity contribution in [2.24, 2.45) is 0 Å². The smallest absolute Gasteiger partial charge is 0.270 e. The molecule has 1 aliphatic carbocycles. The lowest BCUT2D eigenvalue weighted by Crippen LogP contribution is -2.15. The van der Waals surface area contributed by atoms with Gasteiger partial charge < -0.3 is 14.6 Å². The quantitative estimate of drug-likeness (QED) is 0.757. The molecule has 5 nitrogen and oxygen atoms in total. The molecule has 24 heavy (non-hydrogen) atoms. The molecule has 1 aliphatic rings. The molecule has 1 N–H and O–H groups in total. The van der Waals surface area contributed by atoms with E-state index in [0.717, 1.165) is 29.9 Å². The summed E-state index contributed by atoms with van der Waals surface area (Å²) in [5.74, 6) is 1.18. The zero-order valence-electron chi connectivity index (χ0n) is 13.2. The number of ether oxygens (including phenoxy) is 1. The van der Waals surface area contributed by atoms with Crippen molar-refractivity contribution >= 4 is 23.1 Å². The Labute approximate surface area is 143 Å². The number of nitrogens with one attached hydrogen (secondary N) is 1. The molecule has 0 unspecified atom stereocenters. The zero-order valence-corrected chi connectivity index (χ0v) is 14.0. The molecule has 122 valence electrons. The van der Waals surface area contributed by atoms with Crippen molar-refractivity contribution in [1.29, 1.82) is 0 Å². The maximum atomic E-state index is 12.7. The second kappa shape index (κ2) is 6.13. The fraction of sp³-hybridized carbons (Fsp3) is 0.222. The van der Waals surface area contributed by atoms with Crippen molar-refractivity contribution in [1.82, 2.24) is 9.55 Å². The van der Waals surface area contributed by atoms with Crippen molar-refractivity contribution in [3.05, 3.63) is 53.0 Å². The number of carbonyl (C=O) groups is 1. The molecule has 1 saturated carbocycles. The molecule has 1 amide bonds. The van der Waals surface area contributed by atoms with Gasteiger partial charge in [0.1, 0.15) is 22.1 Å². The third-order valence-electron chi connectivity index (χ3n) is 4.07. The number of anilines is 1. The first-order valence-electron chi connectivity index (χ1n) is 7.83. The number of methoxy groups -OCH3 is 1. The van der Waals surface area contributed by atoms with Crippen LogP contribution in [0.25, 0.3) is 11.3 Å². The third-order valence-corrected chi connectivity index (χ3v) is 4.96. The van der Waals surface area contributed by atoms with E-state index in [9.17, 15) is 4.79 Å². The second-order valence-corrected chi connectivity index (χ2v) is 6.63.